The summed E-state index contributed by atoms with van der Waals surface area (Å²) in [6, 6.07) is 103. The maximum absolute atomic E-state index is 10.4. The fourth-order valence-corrected chi connectivity index (χ4v) is 18.3. The number of nitrogens with zero attached hydrogens (tertiary/aromatic N) is 8. The van der Waals surface area contributed by atoms with Crippen LogP contribution in [0.25, 0.3) is 93.9 Å². The van der Waals surface area contributed by atoms with Gasteiger partial charge >= 0.3 is 0 Å². The van der Waals surface area contributed by atoms with Gasteiger partial charge in [-0.15, -0.1) is 0 Å². The predicted octanol–water partition coefficient (Wildman–Crippen LogP) is 22.0. The first kappa shape index (κ1) is 52.5. The maximum Gasteiger partial charge on any atom is 0.134 e. The Morgan fingerprint density at radius 2 is 0.758 bits per heavy atom. The zero-order valence-corrected chi connectivity index (χ0v) is 52.1. The lowest BCUT2D eigenvalue weighted by Crippen LogP contribution is -2.34. The van der Waals surface area contributed by atoms with Crippen molar-refractivity contribution in [2.75, 3.05) is 9.80 Å². The summed E-state index contributed by atoms with van der Waals surface area (Å²) in [5.74, 6) is 1.42. The molecule has 1 spiro atoms. The van der Waals surface area contributed by atoms with Crippen molar-refractivity contribution in [3.8, 4) is 46.0 Å². The number of ether oxygens (including phenoxy) is 1. The van der Waals surface area contributed by atoms with Gasteiger partial charge in [-0.3, -0.25) is 9.97 Å². The number of anilines is 6. The molecule has 0 amide bonds. The highest BCUT2D eigenvalue weighted by atomic mass is 32.2. The molecular weight excluding hydrogens is 1200 g/mol. The molecule has 17 aromatic rings. The molecule has 21 rings (SSSR count). The number of pyridine rings is 2. The number of nitriles is 1. The van der Waals surface area contributed by atoms with Crippen LogP contribution in [0.2, 0.25) is 0 Å². The molecule has 9 nitrogen and oxygen atoms in total. The SMILES string of the molecule is N#Cc1ccc2c(c1)c1ccccc1n2-c1cccc2c1C1(c3ccc(N4c5ccccc5Sc5cc(N6c7ccccc7Sc7ccccc76)ccc54)cc3O2)c2cc(-n3c4ccccc4c4ccccc43)cnc2-c2ncc(-n3c4ccccc4c4ccccc43)cc21. The second-order valence-corrected chi connectivity index (χ2v) is 26.9. The number of para-hydroxylation sites is 8. The number of rotatable bonds is 5. The van der Waals surface area contributed by atoms with Crippen LogP contribution in [0.5, 0.6) is 11.5 Å². The molecule has 0 saturated heterocycles. The van der Waals surface area contributed by atoms with Crippen molar-refractivity contribution in [1.82, 2.24) is 23.7 Å². The van der Waals surface area contributed by atoms with Gasteiger partial charge in [0.25, 0.3) is 0 Å². The van der Waals surface area contributed by atoms with E-state index in [9.17, 15) is 5.26 Å². The van der Waals surface area contributed by atoms with E-state index in [2.05, 4.69) is 296 Å². The number of hydrogen-bond donors (Lipinski definition) is 0. The molecule has 0 unspecified atom stereocenters. The predicted molar refractivity (Wildman–Crippen MR) is 385 cm³/mol. The number of fused-ring (bicyclic) bond motifs is 22. The summed E-state index contributed by atoms with van der Waals surface area (Å²) in [4.78, 5) is 20.9. The third-order valence-corrected chi connectivity index (χ3v) is 22.2. The molecule has 442 valence electrons. The van der Waals surface area contributed by atoms with Crippen LogP contribution in [0.15, 0.2) is 311 Å². The molecule has 8 heterocycles. The van der Waals surface area contributed by atoms with Crippen molar-refractivity contribution in [1.29, 1.82) is 5.26 Å². The van der Waals surface area contributed by atoms with Crippen LogP contribution in [0.1, 0.15) is 27.8 Å². The van der Waals surface area contributed by atoms with Gasteiger partial charge in [0.1, 0.15) is 11.5 Å². The third kappa shape index (κ3) is 7.24. The molecule has 5 aromatic heterocycles. The van der Waals surface area contributed by atoms with E-state index in [0.29, 0.717) is 17.1 Å². The maximum atomic E-state index is 10.4. The van der Waals surface area contributed by atoms with Gasteiger partial charge in [0, 0.05) is 91.6 Å². The zero-order valence-electron chi connectivity index (χ0n) is 50.5. The van der Waals surface area contributed by atoms with Crippen molar-refractivity contribution in [3.05, 3.63) is 319 Å². The minimum Gasteiger partial charge on any atom is -0.457 e. The average Bonchev–Trinajstić information content (AvgIpc) is 1.55. The lowest BCUT2D eigenvalue weighted by atomic mass is 9.65. The van der Waals surface area contributed by atoms with Crippen LogP contribution in [0.3, 0.4) is 0 Å². The molecular formula is C84H48N8OS2. The molecule has 0 radical (unpaired) electrons. The smallest absolute Gasteiger partial charge is 0.134 e. The second-order valence-electron chi connectivity index (χ2n) is 24.7. The van der Waals surface area contributed by atoms with Crippen LogP contribution in [0.4, 0.5) is 34.1 Å². The van der Waals surface area contributed by atoms with E-state index >= 15 is 0 Å². The molecule has 12 aromatic carbocycles. The van der Waals surface area contributed by atoms with E-state index in [-0.39, 0.29) is 0 Å². The van der Waals surface area contributed by atoms with E-state index in [1.165, 1.54) is 31.3 Å². The first-order valence-electron chi connectivity index (χ1n) is 31.8. The number of benzene rings is 12. The third-order valence-electron chi connectivity index (χ3n) is 19.9. The standard InChI is InChI=1S/C84H48N8OS2/c85-47-50-36-40-69-60(42-50)59-22-5-10-27-68(59)92(69)74-31-17-32-75-81(74)84(61-39-37-51(45-76(61)93-75)88-72-30-13-16-35-79(72)95-80-46-52(38-41-73(80)88)89-70-28-11-14-33-77(70)94-78-34-15-12-29-71(78)89)62-43-53(90-64-23-6-1-18-55(64)56-19-2-7-24-65(56)90)48-86-82(62)83-63(84)44-54(49-87-83)91-66-25-8-3-20-57(66)58-21-4-9-26-67(58)91/h1-46,48-49H. The molecule has 4 aliphatic rings. The summed E-state index contributed by atoms with van der Waals surface area (Å²) >= 11 is 3.63. The van der Waals surface area contributed by atoms with Crippen LogP contribution in [-0.2, 0) is 5.41 Å². The highest BCUT2D eigenvalue weighted by Crippen LogP contribution is 2.65. The van der Waals surface area contributed by atoms with Crippen LogP contribution in [-0.4, -0.2) is 23.7 Å². The van der Waals surface area contributed by atoms with E-state index < -0.39 is 5.41 Å². The van der Waals surface area contributed by atoms with E-state index in [1.54, 1.807) is 11.8 Å². The summed E-state index contributed by atoms with van der Waals surface area (Å²) in [6.07, 6.45) is 4.07. The number of aromatic nitrogens is 5. The highest BCUT2D eigenvalue weighted by molar-refractivity contribution is 8.00. The topological polar surface area (TPSA) is 80.1 Å². The van der Waals surface area contributed by atoms with Crippen LogP contribution >= 0.6 is 23.5 Å². The first-order valence-corrected chi connectivity index (χ1v) is 33.5. The molecule has 0 saturated carbocycles. The molecule has 3 aliphatic heterocycles. The van der Waals surface area contributed by atoms with Gasteiger partial charge in [0.05, 0.1) is 114 Å². The Balaban J connectivity index is 0.856. The minimum atomic E-state index is -1.15. The minimum absolute atomic E-state index is 0.599. The normalized spacial score (nSPS) is 13.7. The van der Waals surface area contributed by atoms with E-state index in [0.717, 1.165) is 138 Å². The van der Waals surface area contributed by atoms with Gasteiger partial charge < -0.3 is 28.2 Å². The Morgan fingerprint density at radius 1 is 0.326 bits per heavy atom. The fraction of sp³-hybridized carbons (Fsp3) is 0.0119. The molecule has 0 fully saturated rings. The largest absolute Gasteiger partial charge is 0.457 e. The molecule has 0 N–H and O–H groups in total. The van der Waals surface area contributed by atoms with Crippen LogP contribution < -0.4 is 14.5 Å². The average molecular weight is 1250 g/mol. The van der Waals surface area contributed by atoms with E-state index in [4.69, 9.17) is 14.7 Å². The second kappa shape index (κ2) is 19.7. The fourth-order valence-electron chi connectivity index (χ4n) is 16.1. The Hall–Kier alpha value is -12.1. The first-order chi connectivity index (χ1) is 47.1. The summed E-state index contributed by atoms with van der Waals surface area (Å²) in [6.45, 7) is 0. The molecule has 0 bridgehead atoms. The van der Waals surface area contributed by atoms with Gasteiger partial charge in [-0.1, -0.05) is 163 Å². The Kier molecular flexibility index (Phi) is 10.9. The van der Waals surface area contributed by atoms with Crippen molar-refractivity contribution >= 4 is 123 Å². The summed E-state index contributed by atoms with van der Waals surface area (Å²) in [5, 5.41) is 17.1. The Labute approximate surface area is 553 Å². The molecule has 95 heavy (non-hydrogen) atoms. The van der Waals surface area contributed by atoms with Crippen LogP contribution in [0, 0.1) is 11.3 Å². The van der Waals surface area contributed by atoms with Gasteiger partial charge in [-0.25, -0.2) is 0 Å². The molecule has 0 atom stereocenters. The van der Waals surface area contributed by atoms with Gasteiger partial charge in [0.2, 0.25) is 0 Å². The van der Waals surface area contributed by atoms with Gasteiger partial charge in [-0.2, -0.15) is 5.26 Å². The summed E-state index contributed by atoms with van der Waals surface area (Å²) in [7, 11) is 0. The van der Waals surface area contributed by atoms with E-state index in [1.807, 2.05) is 36.3 Å². The lowest BCUT2D eigenvalue weighted by Gasteiger charge is -2.41. The molecule has 1 aliphatic carbocycles. The van der Waals surface area contributed by atoms with Crippen molar-refractivity contribution in [2.24, 2.45) is 0 Å². The van der Waals surface area contributed by atoms with Gasteiger partial charge in [-0.05, 0) is 133 Å². The summed E-state index contributed by atoms with van der Waals surface area (Å²) < 4.78 is 14.9. The van der Waals surface area contributed by atoms with Crippen molar-refractivity contribution < 1.29 is 4.74 Å². The van der Waals surface area contributed by atoms with Gasteiger partial charge in [0.15, 0.2) is 0 Å². The quantitative estimate of drug-likeness (QED) is 0.169. The van der Waals surface area contributed by atoms with Crippen molar-refractivity contribution in [2.45, 2.75) is 25.0 Å². The lowest BCUT2D eigenvalue weighted by molar-refractivity contribution is 0.436. The Morgan fingerprint density at radius 3 is 1.29 bits per heavy atom. The van der Waals surface area contributed by atoms with Crippen molar-refractivity contribution in [3.63, 3.8) is 0 Å². The monoisotopic (exact) mass is 1250 g/mol. The highest BCUT2D eigenvalue weighted by Gasteiger charge is 2.55. The summed E-state index contributed by atoms with van der Waals surface area (Å²) in [5.41, 5.74) is 20.5. The number of hydrogen-bond acceptors (Lipinski definition) is 8. The Bertz CT molecular complexity index is 5970. The zero-order chi connectivity index (χ0) is 62.2. The molecule has 11 heteroatoms.